The van der Waals surface area contributed by atoms with Gasteiger partial charge >= 0.3 is 0 Å². The summed E-state index contributed by atoms with van der Waals surface area (Å²) in [7, 11) is 1.63. The van der Waals surface area contributed by atoms with Gasteiger partial charge in [0.1, 0.15) is 18.3 Å². The Kier molecular flexibility index (Phi) is 5.72. The SMILES string of the molecule is COc1ccccc1CN1CC(=O)N2[C@H](CCc3ccccc3)c3[nH]c4ccccc4c3C[C@H]2C1=O. The summed E-state index contributed by atoms with van der Waals surface area (Å²) in [6.07, 6.45) is 2.11. The molecule has 1 fully saturated rings. The second-order valence-electron chi connectivity index (χ2n) is 9.63. The van der Waals surface area contributed by atoms with Crippen molar-refractivity contribution >= 4 is 22.7 Å². The van der Waals surface area contributed by atoms with Crippen LogP contribution in [0.5, 0.6) is 5.75 Å². The minimum absolute atomic E-state index is 0.00106. The van der Waals surface area contributed by atoms with Gasteiger partial charge in [-0.25, -0.2) is 0 Å². The zero-order valence-electron chi connectivity index (χ0n) is 20.3. The van der Waals surface area contributed by atoms with Crippen LogP contribution in [0.15, 0.2) is 78.9 Å². The van der Waals surface area contributed by atoms with Gasteiger partial charge in [0.2, 0.25) is 11.8 Å². The first-order valence-electron chi connectivity index (χ1n) is 12.5. The lowest BCUT2D eigenvalue weighted by atomic mass is 9.86. The Morgan fingerprint density at radius 3 is 2.53 bits per heavy atom. The van der Waals surface area contributed by atoms with Crippen molar-refractivity contribution in [3.05, 3.63) is 101 Å². The van der Waals surface area contributed by atoms with Gasteiger partial charge in [-0.05, 0) is 36.1 Å². The summed E-state index contributed by atoms with van der Waals surface area (Å²) in [6.45, 7) is 0.430. The molecule has 0 radical (unpaired) electrons. The largest absolute Gasteiger partial charge is 0.496 e. The zero-order valence-corrected chi connectivity index (χ0v) is 20.3. The number of rotatable bonds is 6. The lowest BCUT2D eigenvalue weighted by Gasteiger charge is -2.47. The minimum Gasteiger partial charge on any atom is -0.496 e. The average molecular weight is 480 g/mol. The Morgan fingerprint density at radius 2 is 1.69 bits per heavy atom. The van der Waals surface area contributed by atoms with Gasteiger partial charge < -0.3 is 19.5 Å². The molecule has 1 aromatic heterocycles. The highest BCUT2D eigenvalue weighted by molar-refractivity contribution is 5.97. The number of hydrogen-bond acceptors (Lipinski definition) is 3. The van der Waals surface area contributed by atoms with E-state index in [1.807, 2.05) is 59.5 Å². The highest BCUT2D eigenvalue weighted by atomic mass is 16.5. The summed E-state index contributed by atoms with van der Waals surface area (Å²) in [5.74, 6) is 0.724. The quantitative estimate of drug-likeness (QED) is 0.438. The number of ether oxygens (including phenoxy) is 1. The third-order valence-electron chi connectivity index (χ3n) is 7.56. The third-order valence-corrected chi connectivity index (χ3v) is 7.56. The van der Waals surface area contributed by atoms with Gasteiger partial charge in [0.25, 0.3) is 0 Å². The zero-order chi connectivity index (χ0) is 24.6. The molecular weight excluding hydrogens is 450 g/mol. The molecule has 0 aliphatic carbocycles. The van der Waals surface area contributed by atoms with Crippen molar-refractivity contribution in [2.45, 2.75) is 37.9 Å². The van der Waals surface area contributed by atoms with Crippen LogP contribution in [0.1, 0.15) is 34.8 Å². The molecule has 6 heteroatoms. The predicted octanol–water partition coefficient (Wildman–Crippen LogP) is 4.65. The lowest BCUT2D eigenvalue weighted by Crippen LogP contribution is -2.62. The van der Waals surface area contributed by atoms with Gasteiger partial charge in [0, 0.05) is 35.1 Å². The number of fused-ring (bicyclic) bond motifs is 4. The number of nitrogens with one attached hydrogen (secondary N) is 1. The van der Waals surface area contributed by atoms with Crippen molar-refractivity contribution in [1.82, 2.24) is 14.8 Å². The van der Waals surface area contributed by atoms with Gasteiger partial charge in [0.15, 0.2) is 0 Å². The van der Waals surface area contributed by atoms with E-state index in [-0.39, 0.29) is 24.4 Å². The van der Waals surface area contributed by atoms with Gasteiger partial charge in [-0.1, -0.05) is 66.7 Å². The number of nitrogens with zero attached hydrogens (tertiary/aromatic N) is 2. The molecule has 6 nitrogen and oxygen atoms in total. The first-order valence-corrected chi connectivity index (χ1v) is 12.5. The smallest absolute Gasteiger partial charge is 0.246 e. The number of aromatic amines is 1. The maximum Gasteiger partial charge on any atom is 0.246 e. The molecule has 3 aromatic carbocycles. The molecule has 6 rings (SSSR count). The first-order chi connectivity index (χ1) is 17.6. The number of aryl methyl sites for hydroxylation is 1. The van der Waals surface area contributed by atoms with Crippen LogP contribution < -0.4 is 4.74 Å². The Hall–Kier alpha value is -4.06. The molecule has 4 aromatic rings. The Morgan fingerprint density at radius 1 is 0.944 bits per heavy atom. The van der Waals surface area contributed by atoms with Gasteiger partial charge in [0.05, 0.1) is 13.2 Å². The number of benzene rings is 3. The standard InChI is InChI=1S/C30H29N3O3/c1-36-27-14-8-5-11-21(27)18-32-19-28(34)33-25(16-15-20-9-3-2-4-10-20)29-23(17-26(33)30(32)35)22-12-6-7-13-24(22)31-29/h2-14,25-26,31H,15-19H2,1H3/t25-,26+/m1/s1. The molecule has 1 N–H and O–H groups in total. The fraction of sp³-hybridized carbons (Fsp3) is 0.267. The van der Waals surface area contributed by atoms with Crippen molar-refractivity contribution in [2.75, 3.05) is 13.7 Å². The number of hydrogen-bond donors (Lipinski definition) is 1. The van der Waals surface area contributed by atoms with Crippen molar-refractivity contribution in [3.8, 4) is 5.75 Å². The third kappa shape index (κ3) is 3.83. The Bertz CT molecular complexity index is 1430. The topological polar surface area (TPSA) is 65.6 Å². The minimum atomic E-state index is -0.506. The molecule has 0 bridgehead atoms. The number of methoxy groups -OCH3 is 1. The predicted molar refractivity (Wildman–Crippen MR) is 139 cm³/mol. The van der Waals surface area contributed by atoms with Crippen molar-refractivity contribution in [1.29, 1.82) is 0 Å². The van der Waals surface area contributed by atoms with E-state index >= 15 is 0 Å². The highest BCUT2D eigenvalue weighted by Gasteiger charge is 2.47. The molecule has 182 valence electrons. The van der Waals surface area contributed by atoms with Crippen LogP contribution in [-0.4, -0.2) is 46.3 Å². The Balaban J connectivity index is 1.36. The van der Waals surface area contributed by atoms with E-state index < -0.39 is 6.04 Å². The second kappa shape index (κ2) is 9.19. The van der Waals surface area contributed by atoms with Crippen molar-refractivity contribution in [3.63, 3.8) is 0 Å². The molecule has 0 spiro atoms. The van der Waals surface area contributed by atoms with Crippen LogP contribution in [-0.2, 0) is 29.0 Å². The molecule has 2 amide bonds. The first kappa shape index (κ1) is 22.4. The summed E-state index contributed by atoms with van der Waals surface area (Å²) >= 11 is 0. The highest BCUT2D eigenvalue weighted by Crippen LogP contribution is 2.41. The molecule has 1 saturated heterocycles. The Labute approximate surface area is 210 Å². The number of carbonyl (C=O) groups is 2. The van der Waals surface area contributed by atoms with E-state index in [9.17, 15) is 9.59 Å². The van der Waals surface area contributed by atoms with Crippen LogP contribution in [0.3, 0.4) is 0 Å². The van der Waals surface area contributed by atoms with Crippen molar-refractivity contribution < 1.29 is 14.3 Å². The van der Waals surface area contributed by atoms with Gasteiger partial charge in [-0.15, -0.1) is 0 Å². The fourth-order valence-electron chi connectivity index (χ4n) is 5.87. The lowest BCUT2D eigenvalue weighted by molar-refractivity contribution is -0.160. The number of amides is 2. The van der Waals surface area contributed by atoms with Gasteiger partial charge in [-0.2, -0.15) is 0 Å². The molecule has 3 heterocycles. The number of aromatic nitrogens is 1. The number of piperazine rings is 1. The molecular formula is C30H29N3O3. The van der Waals surface area contributed by atoms with E-state index in [1.54, 1.807) is 12.0 Å². The molecule has 0 saturated carbocycles. The van der Waals surface area contributed by atoms with Crippen LogP contribution >= 0.6 is 0 Å². The van der Waals surface area contributed by atoms with Crippen LogP contribution in [0.2, 0.25) is 0 Å². The molecule has 2 aliphatic rings. The van der Waals surface area contributed by atoms with Crippen LogP contribution in [0.25, 0.3) is 10.9 Å². The molecule has 2 aliphatic heterocycles. The fourth-order valence-corrected chi connectivity index (χ4v) is 5.87. The summed E-state index contributed by atoms with van der Waals surface area (Å²) in [6, 6.07) is 25.5. The summed E-state index contributed by atoms with van der Waals surface area (Å²) in [5, 5.41) is 1.14. The second-order valence-corrected chi connectivity index (χ2v) is 9.63. The number of para-hydroxylation sites is 2. The van der Waals surface area contributed by atoms with E-state index in [2.05, 4.69) is 29.2 Å². The van der Waals surface area contributed by atoms with E-state index in [1.165, 1.54) is 5.56 Å². The maximum absolute atomic E-state index is 13.9. The number of H-pyrrole nitrogens is 1. The maximum atomic E-state index is 13.9. The number of carbonyl (C=O) groups excluding carboxylic acids is 2. The van der Waals surface area contributed by atoms with E-state index in [0.717, 1.165) is 46.3 Å². The van der Waals surface area contributed by atoms with E-state index in [0.29, 0.717) is 13.0 Å². The molecule has 2 atom stereocenters. The normalized spacial score (nSPS) is 19.4. The molecule has 0 unspecified atom stereocenters. The van der Waals surface area contributed by atoms with Crippen LogP contribution in [0.4, 0.5) is 0 Å². The monoisotopic (exact) mass is 479 g/mol. The van der Waals surface area contributed by atoms with Crippen LogP contribution in [0, 0.1) is 0 Å². The van der Waals surface area contributed by atoms with E-state index in [4.69, 9.17) is 4.74 Å². The van der Waals surface area contributed by atoms with Gasteiger partial charge in [-0.3, -0.25) is 9.59 Å². The summed E-state index contributed by atoms with van der Waals surface area (Å²) < 4.78 is 5.49. The average Bonchev–Trinajstić information content (AvgIpc) is 3.29. The summed E-state index contributed by atoms with van der Waals surface area (Å²) in [5.41, 5.74) is 5.41. The summed E-state index contributed by atoms with van der Waals surface area (Å²) in [4.78, 5) is 34.7. The molecule has 36 heavy (non-hydrogen) atoms. The van der Waals surface area contributed by atoms with Crippen molar-refractivity contribution in [2.24, 2.45) is 0 Å².